The van der Waals surface area contributed by atoms with Crippen molar-refractivity contribution in [2.75, 3.05) is 44.6 Å². The normalized spacial score (nSPS) is 15.6. The minimum Gasteiger partial charge on any atom is -0.497 e. The lowest BCUT2D eigenvalue weighted by atomic mass is 9.87. The smallest absolute Gasteiger partial charge is 0.240 e. The van der Waals surface area contributed by atoms with Gasteiger partial charge in [-0.05, 0) is 48.4 Å². The molecule has 0 saturated carbocycles. The van der Waals surface area contributed by atoms with Gasteiger partial charge in [0, 0.05) is 31.2 Å². The van der Waals surface area contributed by atoms with Crippen molar-refractivity contribution in [1.29, 1.82) is 0 Å². The molecule has 0 saturated heterocycles. The van der Waals surface area contributed by atoms with Gasteiger partial charge < -0.3 is 14.8 Å². The predicted molar refractivity (Wildman–Crippen MR) is 151 cm³/mol. The van der Waals surface area contributed by atoms with Crippen molar-refractivity contribution in [2.24, 2.45) is 0 Å². The van der Waals surface area contributed by atoms with Crippen LogP contribution in [0.15, 0.2) is 48.5 Å². The monoisotopic (exact) mass is 554 g/mol. The van der Waals surface area contributed by atoms with E-state index in [4.69, 9.17) is 14.6 Å². The van der Waals surface area contributed by atoms with E-state index in [-0.39, 0.29) is 40.6 Å². The molecule has 1 aliphatic rings. The molecule has 10 heteroatoms. The molecule has 0 spiro atoms. The van der Waals surface area contributed by atoms with Crippen LogP contribution in [0, 0.1) is 5.82 Å². The maximum atomic E-state index is 13.9. The Hall–Kier alpha value is -3.37. The summed E-state index contributed by atoms with van der Waals surface area (Å²) in [4.78, 5) is 28.2. The van der Waals surface area contributed by atoms with Gasteiger partial charge in [0.1, 0.15) is 23.9 Å². The molecular formula is C29H35FN4O4S. The molecule has 1 aliphatic heterocycles. The van der Waals surface area contributed by atoms with Crippen LogP contribution in [-0.2, 0) is 19.7 Å². The lowest BCUT2D eigenvalue weighted by molar-refractivity contribution is -0.122. The number of methoxy groups -OCH3 is 2. The molecular weight excluding hydrogens is 519 g/mol. The molecule has 0 radical (unpaired) electrons. The first-order chi connectivity index (χ1) is 18.6. The summed E-state index contributed by atoms with van der Waals surface area (Å²) in [6.07, 6.45) is 0.669. The van der Waals surface area contributed by atoms with Crippen molar-refractivity contribution >= 4 is 29.4 Å². The SMILES string of the molecule is COCCCNC(=O)CN1C(=O)CS[C@@H](c2ccc(F)cc2)c2c(C(C)(C)C)nn(-c3ccc(OC)cc3)c21. The molecule has 0 aliphatic carbocycles. The number of ether oxygens (including phenoxy) is 2. The summed E-state index contributed by atoms with van der Waals surface area (Å²) in [5.74, 6) is 0.589. The van der Waals surface area contributed by atoms with Crippen LogP contribution in [0.4, 0.5) is 10.2 Å². The van der Waals surface area contributed by atoms with Gasteiger partial charge in [-0.25, -0.2) is 9.07 Å². The van der Waals surface area contributed by atoms with Crippen molar-refractivity contribution in [3.63, 3.8) is 0 Å². The van der Waals surface area contributed by atoms with Crippen LogP contribution >= 0.6 is 11.8 Å². The molecule has 0 unspecified atom stereocenters. The fourth-order valence-electron chi connectivity index (χ4n) is 4.52. The minimum absolute atomic E-state index is 0.152. The molecule has 2 amide bonds. The topological polar surface area (TPSA) is 85.7 Å². The van der Waals surface area contributed by atoms with Crippen LogP contribution in [0.25, 0.3) is 5.69 Å². The van der Waals surface area contributed by atoms with Crippen LogP contribution < -0.4 is 15.0 Å². The van der Waals surface area contributed by atoms with Crippen molar-refractivity contribution in [3.8, 4) is 11.4 Å². The number of halogens is 1. The number of hydrogen-bond donors (Lipinski definition) is 1. The molecule has 208 valence electrons. The van der Waals surface area contributed by atoms with E-state index < -0.39 is 0 Å². The van der Waals surface area contributed by atoms with E-state index in [0.717, 1.165) is 22.5 Å². The number of aromatic nitrogens is 2. The summed E-state index contributed by atoms with van der Waals surface area (Å²) >= 11 is 1.46. The summed E-state index contributed by atoms with van der Waals surface area (Å²) in [7, 11) is 3.21. The maximum Gasteiger partial charge on any atom is 0.240 e. The average Bonchev–Trinajstić information content (AvgIpc) is 3.25. The molecule has 4 rings (SSSR count). The highest BCUT2D eigenvalue weighted by Gasteiger charge is 2.39. The van der Waals surface area contributed by atoms with E-state index in [0.29, 0.717) is 31.1 Å². The molecule has 1 aromatic heterocycles. The Morgan fingerprint density at radius 1 is 1.13 bits per heavy atom. The Bertz CT molecular complexity index is 1300. The largest absolute Gasteiger partial charge is 0.497 e. The van der Waals surface area contributed by atoms with Crippen molar-refractivity contribution in [3.05, 3.63) is 71.2 Å². The Labute approximate surface area is 232 Å². The number of nitrogens with one attached hydrogen (secondary N) is 1. The predicted octanol–water partition coefficient (Wildman–Crippen LogP) is 4.64. The highest BCUT2D eigenvalue weighted by atomic mass is 32.2. The number of fused-ring (bicyclic) bond motifs is 1. The van der Waals surface area contributed by atoms with E-state index >= 15 is 0 Å². The van der Waals surface area contributed by atoms with Crippen molar-refractivity contribution < 1.29 is 23.5 Å². The molecule has 1 N–H and O–H groups in total. The van der Waals surface area contributed by atoms with Crippen LogP contribution in [0.1, 0.15) is 49.3 Å². The lowest BCUT2D eigenvalue weighted by Crippen LogP contribution is -2.42. The standard InChI is InChI=1S/C29H35FN4O4S/c1-29(2,3)27-25-26(19-7-9-20(30)10-8-19)39-18-24(36)33(17-23(35)31-15-6-16-37-4)28(25)34(32-27)21-11-13-22(38-5)14-12-21/h7-14,26H,6,15-18H2,1-5H3,(H,31,35)/t26-/m0/s1. The Balaban J connectivity index is 1.89. The van der Waals surface area contributed by atoms with Gasteiger partial charge in [0.25, 0.3) is 0 Å². The third kappa shape index (κ3) is 6.45. The number of benzene rings is 2. The number of rotatable bonds is 9. The number of carbonyl (C=O) groups excluding carboxylic acids is 2. The molecule has 3 aromatic rings. The molecule has 2 aromatic carbocycles. The quantitative estimate of drug-likeness (QED) is 0.388. The Morgan fingerprint density at radius 2 is 1.82 bits per heavy atom. The van der Waals surface area contributed by atoms with E-state index in [1.165, 1.54) is 28.8 Å². The first-order valence-electron chi connectivity index (χ1n) is 12.8. The average molecular weight is 555 g/mol. The van der Waals surface area contributed by atoms with Gasteiger partial charge >= 0.3 is 0 Å². The van der Waals surface area contributed by atoms with Gasteiger partial charge in [-0.3, -0.25) is 14.5 Å². The summed E-state index contributed by atoms with van der Waals surface area (Å²) in [5.41, 5.74) is 2.84. The van der Waals surface area contributed by atoms with Gasteiger partial charge in [-0.15, -0.1) is 11.8 Å². The van der Waals surface area contributed by atoms with Crippen LogP contribution in [0.2, 0.25) is 0 Å². The van der Waals surface area contributed by atoms with Gasteiger partial charge in [0.05, 0.1) is 29.5 Å². The highest BCUT2D eigenvalue weighted by molar-refractivity contribution is 8.00. The van der Waals surface area contributed by atoms with Crippen LogP contribution in [0.5, 0.6) is 5.75 Å². The minimum atomic E-state index is -0.387. The summed E-state index contributed by atoms with van der Waals surface area (Å²) in [6, 6.07) is 13.8. The third-order valence-corrected chi connectivity index (χ3v) is 7.69. The van der Waals surface area contributed by atoms with Gasteiger partial charge in [0.15, 0.2) is 0 Å². The summed E-state index contributed by atoms with van der Waals surface area (Å²) in [6.45, 7) is 7.03. The molecule has 0 fully saturated rings. The number of hydrogen-bond acceptors (Lipinski definition) is 6. The van der Waals surface area contributed by atoms with E-state index in [1.54, 1.807) is 31.0 Å². The van der Waals surface area contributed by atoms with E-state index in [9.17, 15) is 14.0 Å². The number of amides is 2. The number of carbonyl (C=O) groups is 2. The van der Waals surface area contributed by atoms with Gasteiger partial charge in [0.2, 0.25) is 11.8 Å². The van der Waals surface area contributed by atoms with Gasteiger partial charge in [-0.1, -0.05) is 32.9 Å². The Kier molecular flexibility index (Phi) is 8.97. The molecule has 8 nitrogen and oxygen atoms in total. The molecule has 39 heavy (non-hydrogen) atoms. The van der Waals surface area contributed by atoms with E-state index in [1.807, 2.05) is 24.3 Å². The fourth-order valence-corrected chi connectivity index (χ4v) is 5.72. The van der Waals surface area contributed by atoms with Gasteiger partial charge in [-0.2, -0.15) is 5.10 Å². The summed E-state index contributed by atoms with van der Waals surface area (Å²) in [5, 5.41) is 7.65. The molecule has 0 bridgehead atoms. The lowest BCUT2D eigenvalue weighted by Gasteiger charge is -2.24. The number of thioether (sulfide) groups is 1. The Morgan fingerprint density at radius 3 is 2.44 bits per heavy atom. The second kappa shape index (κ2) is 12.2. The number of anilines is 1. The zero-order chi connectivity index (χ0) is 28.2. The second-order valence-electron chi connectivity index (χ2n) is 10.4. The van der Waals surface area contributed by atoms with Crippen molar-refractivity contribution in [2.45, 2.75) is 37.9 Å². The first kappa shape index (κ1) is 28.6. The van der Waals surface area contributed by atoms with Crippen LogP contribution in [-0.4, -0.2) is 61.3 Å². The maximum absolute atomic E-state index is 13.9. The second-order valence-corrected chi connectivity index (χ2v) is 11.5. The highest BCUT2D eigenvalue weighted by Crippen LogP contribution is 2.48. The zero-order valence-corrected chi connectivity index (χ0v) is 23.8. The van der Waals surface area contributed by atoms with E-state index in [2.05, 4.69) is 26.1 Å². The fraction of sp³-hybridized carbons (Fsp3) is 0.414. The molecule has 1 atom stereocenters. The summed E-state index contributed by atoms with van der Waals surface area (Å²) < 4.78 is 26.0. The van der Waals surface area contributed by atoms with Crippen molar-refractivity contribution in [1.82, 2.24) is 15.1 Å². The van der Waals surface area contributed by atoms with Crippen LogP contribution in [0.3, 0.4) is 0 Å². The first-order valence-corrected chi connectivity index (χ1v) is 13.9. The number of nitrogens with zero attached hydrogens (tertiary/aromatic N) is 3. The zero-order valence-electron chi connectivity index (χ0n) is 23.0. The molecule has 2 heterocycles. The third-order valence-electron chi connectivity index (χ3n) is 6.44.